The molecule has 1 heterocycles. The fourth-order valence-corrected chi connectivity index (χ4v) is 5.57. The Hall–Kier alpha value is -2.44. The maximum Gasteiger partial charge on any atom is 0.268 e. The first kappa shape index (κ1) is 18.9. The molecule has 0 fully saturated rings. The Kier molecular flexibility index (Phi) is 4.85. The minimum Gasteiger partial charge on any atom is -0.313 e. The fraction of sp³-hybridized carbons (Fsp3) is 0.273. The Labute approximate surface area is 165 Å². The van der Waals surface area contributed by atoms with Crippen molar-refractivity contribution in [1.82, 2.24) is 9.29 Å². The highest BCUT2D eigenvalue weighted by Gasteiger charge is 2.31. The van der Waals surface area contributed by atoms with Crippen LogP contribution in [0.3, 0.4) is 0 Å². The van der Waals surface area contributed by atoms with Crippen LogP contribution in [0.2, 0.25) is 0 Å². The largest absolute Gasteiger partial charge is 0.313 e. The minimum atomic E-state index is -3.86. The Morgan fingerprint density at radius 2 is 1.93 bits per heavy atom. The summed E-state index contributed by atoms with van der Waals surface area (Å²) in [5.74, 6) is -0.421. The van der Waals surface area contributed by atoms with Crippen LogP contribution >= 0.6 is 0 Å². The third kappa shape index (κ3) is 3.06. The lowest BCUT2D eigenvalue weighted by Gasteiger charge is -2.22. The average Bonchev–Trinajstić information content (AvgIpc) is 3.08. The second-order valence-electron chi connectivity index (χ2n) is 7.24. The molecule has 28 heavy (non-hydrogen) atoms. The lowest BCUT2D eigenvalue weighted by atomic mass is 9.88. The van der Waals surface area contributed by atoms with Crippen molar-refractivity contribution in [2.75, 3.05) is 7.05 Å². The van der Waals surface area contributed by atoms with Crippen molar-refractivity contribution in [3.63, 3.8) is 0 Å². The summed E-state index contributed by atoms with van der Waals surface area (Å²) in [7, 11) is -1.99. The quantitative estimate of drug-likeness (QED) is 0.707. The number of rotatable bonds is 4. The second-order valence-corrected chi connectivity index (χ2v) is 9.06. The van der Waals surface area contributed by atoms with E-state index in [-0.39, 0.29) is 10.9 Å². The van der Waals surface area contributed by atoms with Gasteiger partial charge in [0.25, 0.3) is 10.0 Å². The summed E-state index contributed by atoms with van der Waals surface area (Å²) < 4.78 is 43.0. The van der Waals surface area contributed by atoms with Crippen molar-refractivity contribution in [3.05, 3.63) is 77.2 Å². The molecule has 0 radical (unpaired) electrons. The number of hydrogen-bond acceptors (Lipinski definition) is 3. The molecule has 146 valence electrons. The third-order valence-electron chi connectivity index (χ3n) is 5.43. The predicted octanol–water partition coefficient (Wildman–Crippen LogP) is 4.44. The maximum absolute atomic E-state index is 14.7. The molecule has 0 saturated heterocycles. The Balaban J connectivity index is 2.02. The molecular formula is C22H23FN2O2S. The van der Waals surface area contributed by atoms with E-state index in [4.69, 9.17) is 0 Å². The molecule has 3 aromatic rings. The van der Waals surface area contributed by atoms with Crippen LogP contribution in [0.1, 0.15) is 35.6 Å². The zero-order valence-corrected chi connectivity index (χ0v) is 16.8. The van der Waals surface area contributed by atoms with Crippen molar-refractivity contribution in [3.8, 4) is 11.3 Å². The highest BCUT2D eigenvalue weighted by atomic mass is 32.2. The van der Waals surface area contributed by atoms with E-state index in [1.54, 1.807) is 42.6 Å². The van der Waals surface area contributed by atoms with Gasteiger partial charge in [-0.1, -0.05) is 24.3 Å². The number of halogens is 1. The Morgan fingerprint density at radius 3 is 2.64 bits per heavy atom. The number of hydrogen-bond donors (Lipinski definition) is 1. The van der Waals surface area contributed by atoms with Gasteiger partial charge < -0.3 is 5.32 Å². The lowest BCUT2D eigenvalue weighted by Crippen LogP contribution is -2.20. The van der Waals surface area contributed by atoms with E-state index in [0.29, 0.717) is 11.3 Å². The van der Waals surface area contributed by atoms with Crippen molar-refractivity contribution in [2.45, 2.75) is 37.1 Å². The van der Waals surface area contributed by atoms with Crippen LogP contribution in [0.25, 0.3) is 11.3 Å². The molecule has 0 bridgehead atoms. The zero-order valence-electron chi connectivity index (χ0n) is 15.9. The molecule has 1 unspecified atom stereocenters. The standard InChI is InChI=1S/C22H23FN2O2S/c1-15-7-5-8-16(13-15)28(26,27)25-14-19-17(10-6-12-21(19)24-2)22(25)18-9-3-4-11-20(18)23/h3-5,7-9,11,13-14,21,24H,6,10,12H2,1-2H3. The molecule has 1 aromatic heterocycles. The second kappa shape index (κ2) is 7.18. The molecular weight excluding hydrogens is 375 g/mol. The molecule has 1 aliphatic rings. The Morgan fingerprint density at radius 1 is 1.14 bits per heavy atom. The smallest absolute Gasteiger partial charge is 0.268 e. The summed E-state index contributed by atoms with van der Waals surface area (Å²) in [6.45, 7) is 1.86. The molecule has 0 amide bonds. The number of benzene rings is 2. The van der Waals surface area contributed by atoms with E-state index < -0.39 is 15.8 Å². The highest BCUT2D eigenvalue weighted by Crippen LogP contribution is 2.40. The van der Waals surface area contributed by atoms with Crippen molar-refractivity contribution in [2.24, 2.45) is 0 Å². The van der Waals surface area contributed by atoms with Crippen LogP contribution in [0.4, 0.5) is 4.39 Å². The van der Waals surface area contributed by atoms with Gasteiger partial charge in [-0.25, -0.2) is 16.8 Å². The molecule has 1 atom stereocenters. The number of fused-ring (bicyclic) bond motifs is 1. The molecule has 4 nitrogen and oxygen atoms in total. The summed E-state index contributed by atoms with van der Waals surface area (Å²) in [5.41, 5.74) is 3.46. The minimum absolute atomic E-state index is 0.0585. The van der Waals surface area contributed by atoms with Crippen LogP contribution in [0.15, 0.2) is 59.6 Å². The molecule has 2 aromatic carbocycles. The van der Waals surface area contributed by atoms with E-state index in [2.05, 4.69) is 5.32 Å². The van der Waals surface area contributed by atoms with Gasteiger partial charge in [0.05, 0.1) is 10.6 Å². The summed E-state index contributed by atoms with van der Waals surface area (Å²) in [4.78, 5) is 0.207. The number of aryl methyl sites for hydroxylation is 1. The van der Waals surface area contributed by atoms with Gasteiger partial charge in [-0.3, -0.25) is 0 Å². The van der Waals surface area contributed by atoms with Gasteiger partial charge in [0, 0.05) is 17.8 Å². The van der Waals surface area contributed by atoms with Gasteiger partial charge in [0.2, 0.25) is 0 Å². The normalized spacial score (nSPS) is 16.8. The number of nitrogens with zero attached hydrogens (tertiary/aromatic N) is 1. The van der Waals surface area contributed by atoms with Crippen molar-refractivity contribution >= 4 is 10.0 Å². The summed E-state index contributed by atoms with van der Waals surface area (Å²) in [6, 6.07) is 13.2. The maximum atomic E-state index is 14.7. The SMILES string of the molecule is CNC1CCCc2c1cn(S(=O)(=O)c1cccc(C)c1)c2-c1ccccc1F. The van der Waals surface area contributed by atoms with Crippen LogP contribution < -0.4 is 5.32 Å². The van der Waals surface area contributed by atoms with Gasteiger partial charge in [0.15, 0.2) is 0 Å². The van der Waals surface area contributed by atoms with Crippen LogP contribution in [0.5, 0.6) is 0 Å². The molecule has 1 N–H and O–H groups in total. The van der Waals surface area contributed by atoms with Gasteiger partial charge in [-0.15, -0.1) is 0 Å². The monoisotopic (exact) mass is 398 g/mol. The molecule has 0 saturated carbocycles. The molecule has 4 rings (SSSR count). The summed E-state index contributed by atoms with van der Waals surface area (Å²) in [5, 5.41) is 3.27. The predicted molar refractivity (Wildman–Crippen MR) is 108 cm³/mol. The average molecular weight is 399 g/mol. The fourth-order valence-electron chi connectivity index (χ4n) is 4.05. The van der Waals surface area contributed by atoms with Gasteiger partial charge in [-0.05, 0) is 74.2 Å². The van der Waals surface area contributed by atoms with E-state index >= 15 is 0 Å². The van der Waals surface area contributed by atoms with Crippen molar-refractivity contribution < 1.29 is 12.8 Å². The Bertz CT molecular complexity index is 1140. The highest BCUT2D eigenvalue weighted by molar-refractivity contribution is 7.90. The molecule has 6 heteroatoms. The third-order valence-corrected chi connectivity index (χ3v) is 7.09. The van der Waals surface area contributed by atoms with Gasteiger partial charge in [-0.2, -0.15) is 0 Å². The van der Waals surface area contributed by atoms with Crippen LogP contribution in [-0.4, -0.2) is 19.4 Å². The molecule has 0 aliphatic heterocycles. The van der Waals surface area contributed by atoms with E-state index in [0.717, 1.165) is 36.0 Å². The van der Waals surface area contributed by atoms with E-state index in [1.165, 1.54) is 10.0 Å². The first-order valence-corrected chi connectivity index (χ1v) is 10.9. The number of nitrogens with one attached hydrogen (secondary N) is 1. The van der Waals surface area contributed by atoms with Crippen molar-refractivity contribution in [1.29, 1.82) is 0 Å². The van der Waals surface area contributed by atoms with Gasteiger partial charge in [0.1, 0.15) is 5.82 Å². The first-order valence-electron chi connectivity index (χ1n) is 9.42. The van der Waals surface area contributed by atoms with Crippen LogP contribution in [-0.2, 0) is 16.4 Å². The van der Waals surface area contributed by atoms with E-state index in [9.17, 15) is 12.8 Å². The summed E-state index contributed by atoms with van der Waals surface area (Å²) in [6.07, 6.45) is 4.26. The number of aromatic nitrogens is 1. The molecule has 0 spiro atoms. The first-order chi connectivity index (χ1) is 13.4. The van der Waals surface area contributed by atoms with E-state index in [1.807, 2.05) is 20.0 Å². The van der Waals surface area contributed by atoms with Gasteiger partial charge >= 0.3 is 0 Å². The summed E-state index contributed by atoms with van der Waals surface area (Å²) >= 11 is 0. The topological polar surface area (TPSA) is 51.1 Å². The zero-order chi connectivity index (χ0) is 19.9. The lowest BCUT2D eigenvalue weighted by molar-refractivity contribution is 0.499. The van der Waals surface area contributed by atoms with Crippen LogP contribution in [0, 0.1) is 12.7 Å². The molecule has 1 aliphatic carbocycles.